The fourth-order valence-corrected chi connectivity index (χ4v) is 5.06. The lowest BCUT2D eigenvalue weighted by molar-refractivity contribution is -0.142. The van der Waals surface area contributed by atoms with Crippen LogP contribution in [-0.2, 0) is 18.5 Å². The molecular weight excluding hydrogens is 495 g/mol. The Balaban J connectivity index is 1.43. The highest BCUT2D eigenvalue weighted by atomic mass is 32.2. The lowest BCUT2D eigenvalue weighted by Crippen LogP contribution is -2.15. The van der Waals surface area contributed by atoms with Crippen molar-refractivity contribution in [3.05, 3.63) is 77.4 Å². The minimum absolute atomic E-state index is 0.108. The monoisotopic (exact) mass is 513 g/mol. The van der Waals surface area contributed by atoms with Crippen molar-refractivity contribution in [3.63, 3.8) is 0 Å². The van der Waals surface area contributed by atoms with Crippen molar-refractivity contribution in [1.29, 1.82) is 0 Å². The van der Waals surface area contributed by atoms with E-state index in [-0.39, 0.29) is 11.4 Å². The summed E-state index contributed by atoms with van der Waals surface area (Å²) in [6, 6.07) is 16.1. The number of para-hydroxylation sites is 1. The first-order valence-electron chi connectivity index (χ1n) is 10.6. The highest BCUT2D eigenvalue weighted by Crippen LogP contribution is 2.38. The maximum absolute atomic E-state index is 14.1. The predicted octanol–water partition coefficient (Wildman–Crippen LogP) is 5.98. The molecule has 0 N–H and O–H groups in total. The van der Waals surface area contributed by atoms with Crippen LogP contribution in [0.15, 0.2) is 71.3 Å². The highest BCUT2D eigenvalue weighted by molar-refractivity contribution is 7.98. The van der Waals surface area contributed by atoms with Gasteiger partial charge >= 0.3 is 6.18 Å². The van der Waals surface area contributed by atoms with Crippen LogP contribution in [0.3, 0.4) is 0 Å². The second kappa shape index (κ2) is 9.62. The number of alkyl halides is 3. The summed E-state index contributed by atoms with van der Waals surface area (Å²) < 4.78 is 48.8. The zero-order chi connectivity index (χ0) is 24.4. The van der Waals surface area contributed by atoms with Crippen LogP contribution in [0.2, 0.25) is 0 Å². The summed E-state index contributed by atoms with van der Waals surface area (Å²) in [5.74, 6) is 0.722. The van der Waals surface area contributed by atoms with Gasteiger partial charge in [-0.15, -0.1) is 15.3 Å². The third-order valence-corrected chi connectivity index (χ3v) is 6.83. The summed E-state index contributed by atoms with van der Waals surface area (Å²) in [6.07, 6.45) is -3.43. The normalized spacial score (nSPS) is 11.8. The molecule has 5 rings (SSSR count). The Morgan fingerprint density at radius 3 is 2.40 bits per heavy atom. The van der Waals surface area contributed by atoms with Crippen molar-refractivity contribution >= 4 is 23.3 Å². The fourth-order valence-electron chi connectivity index (χ4n) is 3.64. The summed E-state index contributed by atoms with van der Waals surface area (Å²) >= 11 is 2.71. The molecule has 178 valence electrons. The maximum atomic E-state index is 14.1. The molecule has 0 atom stereocenters. The largest absolute Gasteiger partial charge is 0.434 e. The van der Waals surface area contributed by atoms with Gasteiger partial charge in [0.05, 0.1) is 17.4 Å². The smallest absolute Gasteiger partial charge is 0.302 e. The van der Waals surface area contributed by atoms with Crippen LogP contribution >= 0.6 is 23.3 Å². The van der Waals surface area contributed by atoms with Gasteiger partial charge in [-0.1, -0.05) is 58.7 Å². The van der Waals surface area contributed by atoms with E-state index in [1.165, 1.54) is 29.5 Å². The van der Waals surface area contributed by atoms with Crippen LogP contribution in [-0.4, -0.2) is 34.1 Å². The topological polar surface area (TPSA) is 74.3 Å². The Hall–Kier alpha value is -3.51. The first-order chi connectivity index (χ1) is 17.0. The molecule has 0 aliphatic heterocycles. The average molecular weight is 514 g/mol. The number of benzene rings is 2. The van der Waals surface area contributed by atoms with Gasteiger partial charge in [0.25, 0.3) is 0 Å². The quantitative estimate of drug-likeness (QED) is 0.249. The molecule has 0 bridgehead atoms. The van der Waals surface area contributed by atoms with Gasteiger partial charge in [-0.25, -0.2) is 4.68 Å². The number of nitrogens with zero attached hydrogens (tertiary/aromatic N) is 7. The number of hydrogen-bond acceptors (Lipinski definition) is 7. The van der Waals surface area contributed by atoms with E-state index in [0.29, 0.717) is 23.1 Å². The van der Waals surface area contributed by atoms with E-state index in [1.54, 1.807) is 34.9 Å². The van der Waals surface area contributed by atoms with Gasteiger partial charge in [0.2, 0.25) is 0 Å². The van der Waals surface area contributed by atoms with E-state index in [4.69, 9.17) is 0 Å². The molecule has 3 aromatic heterocycles. The summed E-state index contributed by atoms with van der Waals surface area (Å²) in [4.78, 5) is 0. The Morgan fingerprint density at radius 2 is 1.74 bits per heavy atom. The summed E-state index contributed by atoms with van der Waals surface area (Å²) in [6.45, 7) is 2.26. The van der Waals surface area contributed by atoms with Gasteiger partial charge in [-0.05, 0) is 36.2 Å². The molecule has 0 fully saturated rings. The highest BCUT2D eigenvalue weighted by Gasteiger charge is 2.40. The van der Waals surface area contributed by atoms with Gasteiger partial charge < -0.3 is 4.57 Å². The molecule has 0 spiro atoms. The molecule has 5 aromatic rings. The van der Waals surface area contributed by atoms with E-state index in [1.807, 2.05) is 36.6 Å². The molecule has 0 saturated heterocycles. The molecular formula is C23H18F3N7S2. The number of aromatic nitrogens is 7. The lowest BCUT2D eigenvalue weighted by atomic mass is 10.1. The van der Waals surface area contributed by atoms with Crippen molar-refractivity contribution in [3.8, 4) is 28.3 Å². The molecule has 0 aliphatic rings. The molecule has 0 amide bonds. The second-order valence-corrected chi connectivity index (χ2v) is 9.03. The van der Waals surface area contributed by atoms with Crippen LogP contribution in [0.4, 0.5) is 13.2 Å². The van der Waals surface area contributed by atoms with E-state index in [2.05, 4.69) is 24.9 Å². The molecule has 7 nitrogen and oxygen atoms in total. The Labute approximate surface area is 206 Å². The van der Waals surface area contributed by atoms with Crippen LogP contribution < -0.4 is 0 Å². The van der Waals surface area contributed by atoms with Gasteiger partial charge in [-0.3, -0.25) is 0 Å². The lowest BCUT2D eigenvalue weighted by Gasteiger charge is -2.13. The third-order valence-electron chi connectivity index (χ3n) is 5.29. The number of rotatable bonds is 7. The number of halogens is 3. The van der Waals surface area contributed by atoms with Crippen LogP contribution in [0.25, 0.3) is 28.3 Å². The van der Waals surface area contributed by atoms with Gasteiger partial charge in [-0.2, -0.15) is 18.3 Å². The molecule has 2 aromatic carbocycles. The first kappa shape index (κ1) is 23.2. The van der Waals surface area contributed by atoms with Gasteiger partial charge in [0.15, 0.2) is 16.7 Å². The zero-order valence-electron chi connectivity index (χ0n) is 18.3. The van der Waals surface area contributed by atoms with Gasteiger partial charge in [0.1, 0.15) is 5.69 Å². The molecule has 0 saturated carbocycles. The average Bonchev–Trinajstić information content (AvgIpc) is 3.62. The summed E-state index contributed by atoms with van der Waals surface area (Å²) in [5, 5.41) is 18.8. The Bertz CT molecular complexity index is 1410. The number of hydrogen-bond donors (Lipinski definition) is 0. The van der Waals surface area contributed by atoms with E-state index in [0.717, 1.165) is 21.5 Å². The van der Waals surface area contributed by atoms with Crippen molar-refractivity contribution in [1.82, 2.24) is 34.1 Å². The summed E-state index contributed by atoms with van der Waals surface area (Å²) in [5.41, 5.74) is 2.17. The van der Waals surface area contributed by atoms with Crippen molar-refractivity contribution in [2.45, 2.75) is 30.6 Å². The standard InChI is InChI=1S/C23H18F3N7S2/c1-2-32-21(18-12-27-33(20(18)23(24,25)26)17-6-4-3-5-7-17)29-30-22(32)34-13-15-8-10-16(11-9-15)19-14-35-31-28-19/h3-12,14H,2,13H2,1H3. The predicted molar refractivity (Wildman–Crippen MR) is 128 cm³/mol. The minimum atomic E-state index is -4.63. The maximum Gasteiger partial charge on any atom is 0.434 e. The van der Waals surface area contributed by atoms with Crippen LogP contribution in [0, 0.1) is 0 Å². The van der Waals surface area contributed by atoms with E-state index in [9.17, 15) is 13.2 Å². The Kier molecular flexibility index (Phi) is 6.39. The minimum Gasteiger partial charge on any atom is -0.302 e. The molecule has 12 heteroatoms. The van der Waals surface area contributed by atoms with Crippen molar-refractivity contribution in [2.75, 3.05) is 0 Å². The Morgan fingerprint density at radius 1 is 0.971 bits per heavy atom. The third kappa shape index (κ3) is 4.71. The van der Waals surface area contributed by atoms with Crippen molar-refractivity contribution < 1.29 is 13.2 Å². The first-order valence-corrected chi connectivity index (χ1v) is 12.4. The van der Waals surface area contributed by atoms with E-state index < -0.39 is 11.9 Å². The van der Waals surface area contributed by atoms with Crippen LogP contribution in [0.1, 0.15) is 18.2 Å². The number of thioether (sulfide) groups is 1. The molecule has 0 unspecified atom stereocenters. The van der Waals surface area contributed by atoms with Crippen LogP contribution in [0.5, 0.6) is 0 Å². The second-order valence-electron chi connectivity index (χ2n) is 7.48. The molecule has 35 heavy (non-hydrogen) atoms. The fraction of sp³-hybridized carbons (Fsp3) is 0.174. The van der Waals surface area contributed by atoms with Crippen molar-refractivity contribution in [2.24, 2.45) is 0 Å². The van der Waals surface area contributed by atoms with Gasteiger partial charge in [0, 0.05) is 23.2 Å². The molecule has 3 heterocycles. The zero-order valence-corrected chi connectivity index (χ0v) is 20.0. The molecule has 0 aliphatic carbocycles. The summed E-state index contributed by atoms with van der Waals surface area (Å²) in [7, 11) is 0. The SMILES string of the molecule is CCn1c(SCc2ccc(-c3csnn3)cc2)nnc1-c1cnn(-c2ccccc2)c1C(F)(F)F. The molecule has 0 radical (unpaired) electrons. The van der Waals surface area contributed by atoms with E-state index >= 15 is 0 Å².